The first-order valence-electron chi connectivity index (χ1n) is 8.32. The Morgan fingerprint density at radius 1 is 1.17 bits per heavy atom. The highest BCUT2D eigenvalue weighted by molar-refractivity contribution is 6.23. The van der Waals surface area contributed by atoms with Gasteiger partial charge in [-0.15, -0.1) is 0 Å². The van der Waals surface area contributed by atoms with Crippen LogP contribution >= 0.6 is 0 Å². The van der Waals surface area contributed by atoms with Gasteiger partial charge in [0, 0.05) is 17.4 Å². The topological polar surface area (TPSA) is 50.4 Å². The number of aliphatic hydroxyl groups excluding tert-OH is 1. The first-order valence-corrected chi connectivity index (χ1v) is 8.32. The molecule has 2 bridgehead atoms. The van der Waals surface area contributed by atoms with Crippen molar-refractivity contribution in [1.82, 2.24) is 0 Å². The van der Waals surface area contributed by atoms with Crippen LogP contribution in [0.25, 0.3) is 16.7 Å². The normalized spacial score (nSPS) is 23.6. The standard InChI is InChI=1S/C20H20O3/c1-2-12-3-4-13(16-7-8-23-11-16)10-17(12)18-19(21)14-5-6-15(9-14)20(18)22/h3-4,7-8,10-11,14-15,21H,2,5-6,9H2,1H3/t14-,15+/m0/s1. The molecular weight excluding hydrogens is 288 g/mol. The van der Waals surface area contributed by atoms with Gasteiger partial charge in [-0.2, -0.15) is 0 Å². The molecule has 2 aliphatic carbocycles. The van der Waals surface area contributed by atoms with Crippen LogP contribution in [0.4, 0.5) is 0 Å². The van der Waals surface area contributed by atoms with Crippen molar-refractivity contribution in [3.63, 3.8) is 0 Å². The summed E-state index contributed by atoms with van der Waals surface area (Å²) in [6, 6.07) is 8.04. The van der Waals surface area contributed by atoms with Crippen LogP contribution in [0.5, 0.6) is 0 Å². The van der Waals surface area contributed by atoms with E-state index in [1.165, 1.54) is 0 Å². The minimum Gasteiger partial charge on any atom is -0.511 e. The molecule has 1 N–H and O–H groups in total. The van der Waals surface area contributed by atoms with Crippen molar-refractivity contribution in [2.24, 2.45) is 11.8 Å². The molecule has 3 heteroatoms. The summed E-state index contributed by atoms with van der Waals surface area (Å²) < 4.78 is 5.17. The zero-order valence-electron chi connectivity index (χ0n) is 13.2. The van der Waals surface area contributed by atoms with Gasteiger partial charge in [0.05, 0.1) is 18.1 Å². The first-order chi connectivity index (χ1) is 11.2. The lowest BCUT2D eigenvalue weighted by Crippen LogP contribution is -2.22. The van der Waals surface area contributed by atoms with Gasteiger partial charge in [0.1, 0.15) is 5.76 Å². The zero-order valence-corrected chi connectivity index (χ0v) is 13.2. The van der Waals surface area contributed by atoms with E-state index in [-0.39, 0.29) is 17.6 Å². The van der Waals surface area contributed by atoms with Gasteiger partial charge in [-0.3, -0.25) is 4.79 Å². The van der Waals surface area contributed by atoms with Crippen LogP contribution in [0.3, 0.4) is 0 Å². The van der Waals surface area contributed by atoms with Crippen molar-refractivity contribution in [3.05, 3.63) is 53.7 Å². The van der Waals surface area contributed by atoms with Crippen LogP contribution in [0.1, 0.15) is 37.3 Å². The first kappa shape index (κ1) is 14.3. The summed E-state index contributed by atoms with van der Waals surface area (Å²) in [4.78, 5) is 12.8. The molecule has 1 aromatic carbocycles. The fourth-order valence-electron chi connectivity index (χ4n) is 4.00. The number of hydrogen-bond acceptors (Lipinski definition) is 3. The van der Waals surface area contributed by atoms with Gasteiger partial charge in [-0.1, -0.05) is 19.1 Å². The molecule has 0 saturated heterocycles. The molecule has 1 fully saturated rings. The maximum absolute atomic E-state index is 12.8. The summed E-state index contributed by atoms with van der Waals surface area (Å²) in [5.74, 6) is 0.682. The Kier molecular flexibility index (Phi) is 3.37. The Morgan fingerprint density at radius 2 is 2.00 bits per heavy atom. The van der Waals surface area contributed by atoms with E-state index in [0.29, 0.717) is 11.3 Å². The van der Waals surface area contributed by atoms with E-state index in [0.717, 1.165) is 47.9 Å². The third kappa shape index (κ3) is 2.23. The van der Waals surface area contributed by atoms with E-state index in [2.05, 4.69) is 13.0 Å². The van der Waals surface area contributed by atoms with Gasteiger partial charge >= 0.3 is 0 Å². The fourth-order valence-corrected chi connectivity index (χ4v) is 4.00. The fraction of sp³-hybridized carbons (Fsp3) is 0.350. The molecule has 0 spiro atoms. The molecule has 0 aliphatic heterocycles. The van der Waals surface area contributed by atoms with E-state index in [9.17, 15) is 9.90 Å². The van der Waals surface area contributed by atoms with Crippen LogP contribution in [0.2, 0.25) is 0 Å². The smallest absolute Gasteiger partial charge is 0.169 e. The predicted molar refractivity (Wildman–Crippen MR) is 88.9 cm³/mol. The van der Waals surface area contributed by atoms with E-state index in [4.69, 9.17) is 4.42 Å². The molecule has 2 aliphatic rings. The monoisotopic (exact) mass is 308 g/mol. The van der Waals surface area contributed by atoms with Crippen molar-refractivity contribution < 1.29 is 14.3 Å². The molecule has 23 heavy (non-hydrogen) atoms. The lowest BCUT2D eigenvalue weighted by atomic mass is 9.81. The lowest BCUT2D eigenvalue weighted by molar-refractivity contribution is -0.117. The van der Waals surface area contributed by atoms with Gasteiger partial charge in [0.25, 0.3) is 0 Å². The number of furan rings is 1. The van der Waals surface area contributed by atoms with Crippen LogP contribution in [-0.4, -0.2) is 10.9 Å². The number of Topliss-reactive ketones (excluding diaryl/α,β-unsaturated/α-hetero) is 1. The molecule has 1 heterocycles. The number of benzene rings is 1. The number of aliphatic hydroxyl groups is 1. The Hall–Kier alpha value is -2.29. The molecular formula is C20H20O3. The second-order valence-electron chi connectivity index (χ2n) is 6.57. The van der Waals surface area contributed by atoms with Gasteiger partial charge in [0.2, 0.25) is 0 Å². The number of allylic oxidation sites excluding steroid dienone is 2. The van der Waals surface area contributed by atoms with E-state index >= 15 is 0 Å². The molecule has 2 aromatic rings. The Labute approximate surface area is 135 Å². The van der Waals surface area contributed by atoms with Crippen molar-refractivity contribution in [1.29, 1.82) is 0 Å². The summed E-state index contributed by atoms with van der Waals surface area (Å²) >= 11 is 0. The van der Waals surface area contributed by atoms with Gasteiger partial charge in [0.15, 0.2) is 5.78 Å². The summed E-state index contributed by atoms with van der Waals surface area (Å²) in [6.07, 6.45) is 6.82. The predicted octanol–water partition coefficient (Wildman–Crippen LogP) is 4.78. The second kappa shape index (κ2) is 5.41. The number of ketones is 1. The maximum atomic E-state index is 12.8. The summed E-state index contributed by atoms with van der Waals surface area (Å²) in [6.45, 7) is 2.08. The van der Waals surface area contributed by atoms with Gasteiger partial charge in [-0.05, 0) is 54.5 Å². The summed E-state index contributed by atoms with van der Waals surface area (Å²) in [5.41, 5.74) is 4.56. The van der Waals surface area contributed by atoms with Crippen LogP contribution in [0, 0.1) is 11.8 Å². The molecule has 1 aromatic heterocycles. The molecule has 0 radical (unpaired) electrons. The quantitative estimate of drug-likeness (QED) is 0.888. The van der Waals surface area contributed by atoms with Crippen LogP contribution in [0.15, 0.2) is 47.0 Å². The zero-order chi connectivity index (χ0) is 16.0. The molecule has 2 atom stereocenters. The molecule has 118 valence electrons. The number of aryl methyl sites for hydroxylation is 1. The third-order valence-electron chi connectivity index (χ3n) is 5.31. The van der Waals surface area contributed by atoms with Crippen molar-refractivity contribution in [2.75, 3.05) is 0 Å². The Morgan fingerprint density at radius 3 is 2.74 bits per heavy atom. The molecule has 1 saturated carbocycles. The number of fused-ring (bicyclic) bond motifs is 2. The summed E-state index contributed by atoms with van der Waals surface area (Å²) in [5, 5.41) is 10.7. The lowest BCUT2D eigenvalue weighted by Gasteiger charge is -2.23. The Balaban J connectivity index is 1.88. The number of carbonyl (C=O) groups excluding carboxylic acids is 1. The van der Waals surface area contributed by atoms with Crippen LogP contribution in [-0.2, 0) is 11.2 Å². The minimum absolute atomic E-state index is 0.0909. The SMILES string of the molecule is CCc1ccc(-c2ccoc2)cc1C1=C(O)[C@H]2CC[C@H](C2)C1=O. The number of carbonyl (C=O) groups is 1. The van der Waals surface area contributed by atoms with Crippen LogP contribution < -0.4 is 0 Å². The number of rotatable bonds is 3. The molecule has 0 unspecified atom stereocenters. The highest BCUT2D eigenvalue weighted by Crippen LogP contribution is 2.46. The van der Waals surface area contributed by atoms with E-state index in [1.54, 1.807) is 12.5 Å². The second-order valence-corrected chi connectivity index (χ2v) is 6.57. The third-order valence-corrected chi connectivity index (χ3v) is 5.31. The molecule has 4 rings (SSSR count). The van der Waals surface area contributed by atoms with Crippen molar-refractivity contribution in [3.8, 4) is 11.1 Å². The maximum Gasteiger partial charge on any atom is 0.169 e. The molecule has 3 nitrogen and oxygen atoms in total. The van der Waals surface area contributed by atoms with Crippen molar-refractivity contribution in [2.45, 2.75) is 32.6 Å². The number of hydrogen-bond donors (Lipinski definition) is 1. The minimum atomic E-state index is 0.0909. The highest BCUT2D eigenvalue weighted by atomic mass is 16.3. The Bertz CT molecular complexity index is 783. The van der Waals surface area contributed by atoms with Gasteiger partial charge < -0.3 is 9.52 Å². The van der Waals surface area contributed by atoms with Crippen molar-refractivity contribution >= 4 is 11.4 Å². The van der Waals surface area contributed by atoms with E-state index in [1.807, 2.05) is 18.2 Å². The largest absolute Gasteiger partial charge is 0.511 e. The summed E-state index contributed by atoms with van der Waals surface area (Å²) in [7, 11) is 0. The van der Waals surface area contributed by atoms with E-state index < -0.39 is 0 Å². The van der Waals surface area contributed by atoms with Gasteiger partial charge in [-0.25, -0.2) is 0 Å². The average molecular weight is 308 g/mol. The molecule has 0 amide bonds. The average Bonchev–Trinajstić information content (AvgIpc) is 3.24. The highest BCUT2D eigenvalue weighted by Gasteiger charge is 2.41.